The van der Waals surface area contributed by atoms with E-state index in [1.54, 1.807) is 0 Å². The topological polar surface area (TPSA) is 9.23 Å². The van der Waals surface area contributed by atoms with Gasteiger partial charge in [-0.1, -0.05) is 13.8 Å². The summed E-state index contributed by atoms with van der Waals surface area (Å²) < 4.78 is 6.60. The van der Waals surface area contributed by atoms with Crippen molar-refractivity contribution in [3.63, 3.8) is 0 Å². The van der Waals surface area contributed by atoms with Gasteiger partial charge in [-0.3, -0.25) is 0 Å². The predicted molar refractivity (Wildman–Crippen MR) is 73.2 cm³/mol. The third-order valence-electron chi connectivity index (χ3n) is 5.16. The molecule has 0 aromatic rings. The fourth-order valence-electron chi connectivity index (χ4n) is 3.54. The number of hydrogen-bond donors (Lipinski definition) is 0. The highest BCUT2D eigenvalue weighted by atomic mass is 16.5. The zero-order valence-electron chi connectivity index (χ0n) is 12.2. The van der Waals surface area contributed by atoms with Crippen LogP contribution in [-0.2, 0) is 4.74 Å². The summed E-state index contributed by atoms with van der Waals surface area (Å²) in [5.74, 6) is 1.82. The Morgan fingerprint density at radius 2 is 1.00 bits per heavy atom. The lowest BCUT2D eigenvalue weighted by Gasteiger charge is -2.46. The van der Waals surface area contributed by atoms with Gasteiger partial charge in [-0.15, -0.1) is 0 Å². The van der Waals surface area contributed by atoms with Crippen molar-refractivity contribution in [1.29, 1.82) is 0 Å². The van der Waals surface area contributed by atoms with Gasteiger partial charge in [0, 0.05) is 0 Å². The van der Waals surface area contributed by atoms with Crippen molar-refractivity contribution in [1.82, 2.24) is 0 Å². The van der Waals surface area contributed by atoms with Gasteiger partial charge in [-0.25, -0.2) is 0 Å². The van der Waals surface area contributed by atoms with Gasteiger partial charge in [0.25, 0.3) is 0 Å². The number of rotatable bonds is 2. The summed E-state index contributed by atoms with van der Waals surface area (Å²) in [6, 6.07) is 0. The Hall–Kier alpha value is -0.0400. The van der Waals surface area contributed by atoms with Crippen LogP contribution in [0.2, 0.25) is 0 Å². The molecule has 0 unspecified atom stereocenters. The van der Waals surface area contributed by atoms with Gasteiger partial charge in [-0.05, 0) is 77.0 Å². The van der Waals surface area contributed by atoms with Crippen LogP contribution in [0.4, 0.5) is 0 Å². The van der Waals surface area contributed by atoms with E-state index in [0.29, 0.717) is 0 Å². The third-order valence-corrected chi connectivity index (χ3v) is 5.16. The fraction of sp³-hybridized carbons (Fsp3) is 1.00. The molecule has 17 heavy (non-hydrogen) atoms. The normalized spacial score (nSPS) is 48.0. The first kappa shape index (κ1) is 13.4. The molecule has 2 aliphatic rings. The second-order valence-electron chi connectivity index (χ2n) is 7.37. The van der Waals surface area contributed by atoms with E-state index < -0.39 is 0 Å². The molecule has 1 nitrogen and oxygen atoms in total. The first-order chi connectivity index (χ1) is 7.91. The highest BCUT2D eigenvalue weighted by Crippen LogP contribution is 2.42. The average Bonchev–Trinajstić information content (AvgIpc) is 2.28. The largest absolute Gasteiger partial charge is 0.369 e. The van der Waals surface area contributed by atoms with Crippen LogP contribution in [0, 0.1) is 11.8 Å². The van der Waals surface area contributed by atoms with Crippen LogP contribution in [0.25, 0.3) is 0 Å². The molecule has 0 saturated heterocycles. The average molecular weight is 238 g/mol. The van der Waals surface area contributed by atoms with Gasteiger partial charge in [0.05, 0.1) is 11.2 Å². The number of hydrogen-bond acceptors (Lipinski definition) is 1. The molecule has 0 radical (unpaired) electrons. The molecule has 0 atom stereocenters. The minimum absolute atomic E-state index is 0.168. The maximum absolute atomic E-state index is 6.60. The Morgan fingerprint density at radius 3 is 1.29 bits per heavy atom. The van der Waals surface area contributed by atoms with Crippen molar-refractivity contribution in [2.24, 2.45) is 11.8 Å². The second-order valence-corrected chi connectivity index (χ2v) is 7.37. The minimum atomic E-state index is 0.168. The Morgan fingerprint density at radius 1 is 0.706 bits per heavy atom. The fourth-order valence-corrected chi connectivity index (χ4v) is 3.54. The summed E-state index contributed by atoms with van der Waals surface area (Å²) in [4.78, 5) is 0. The molecule has 2 rings (SSSR count). The highest BCUT2D eigenvalue weighted by molar-refractivity contribution is 4.89. The van der Waals surface area contributed by atoms with E-state index in [4.69, 9.17) is 4.74 Å². The molecule has 0 N–H and O–H groups in total. The molecule has 0 aliphatic heterocycles. The van der Waals surface area contributed by atoms with Crippen molar-refractivity contribution in [3.05, 3.63) is 0 Å². The quantitative estimate of drug-likeness (QED) is 0.662. The van der Waals surface area contributed by atoms with E-state index in [-0.39, 0.29) is 11.2 Å². The smallest absolute Gasteiger partial charge is 0.0662 e. The standard InChI is InChI=1S/C16H30O/c1-13-5-9-15(3,10-6-13)17-16(4)11-7-14(2)8-12-16/h13-14H,5-12H2,1-4H3. The molecule has 2 fully saturated rings. The van der Waals surface area contributed by atoms with Crippen LogP contribution >= 0.6 is 0 Å². The van der Waals surface area contributed by atoms with Gasteiger partial charge >= 0.3 is 0 Å². The van der Waals surface area contributed by atoms with Crippen molar-refractivity contribution in [3.8, 4) is 0 Å². The van der Waals surface area contributed by atoms with Crippen molar-refractivity contribution >= 4 is 0 Å². The summed E-state index contributed by atoms with van der Waals surface area (Å²) >= 11 is 0. The van der Waals surface area contributed by atoms with E-state index in [9.17, 15) is 0 Å². The lowest BCUT2D eigenvalue weighted by Crippen LogP contribution is -2.44. The Balaban J connectivity index is 1.91. The van der Waals surface area contributed by atoms with E-state index in [1.807, 2.05) is 0 Å². The lowest BCUT2D eigenvalue weighted by molar-refractivity contribution is -0.173. The SMILES string of the molecule is CC1CCC(C)(OC2(C)CCC(C)CC2)CC1. The summed E-state index contributed by atoms with van der Waals surface area (Å²) in [7, 11) is 0. The van der Waals surface area contributed by atoms with Crippen LogP contribution < -0.4 is 0 Å². The van der Waals surface area contributed by atoms with Crippen LogP contribution in [-0.4, -0.2) is 11.2 Å². The maximum Gasteiger partial charge on any atom is 0.0662 e. The molecule has 0 aromatic carbocycles. The van der Waals surface area contributed by atoms with Crippen molar-refractivity contribution in [2.75, 3.05) is 0 Å². The van der Waals surface area contributed by atoms with E-state index in [1.165, 1.54) is 51.4 Å². The molecule has 0 bridgehead atoms. The summed E-state index contributed by atoms with van der Waals surface area (Å²) in [5.41, 5.74) is 0.337. The highest BCUT2D eigenvalue weighted by Gasteiger charge is 2.39. The Labute approximate surface area is 107 Å². The van der Waals surface area contributed by atoms with E-state index >= 15 is 0 Å². The molecular weight excluding hydrogens is 208 g/mol. The molecule has 0 amide bonds. The van der Waals surface area contributed by atoms with Crippen LogP contribution in [0.15, 0.2) is 0 Å². The molecule has 0 heterocycles. The molecular formula is C16H30O. The van der Waals surface area contributed by atoms with E-state index in [2.05, 4.69) is 27.7 Å². The summed E-state index contributed by atoms with van der Waals surface area (Å²) in [5, 5.41) is 0. The third kappa shape index (κ3) is 3.47. The van der Waals surface area contributed by atoms with E-state index in [0.717, 1.165) is 11.8 Å². The first-order valence-corrected chi connectivity index (χ1v) is 7.61. The van der Waals surface area contributed by atoms with Gasteiger partial charge < -0.3 is 4.74 Å². The molecule has 1 heteroatoms. The van der Waals surface area contributed by atoms with Gasteiger partial charge in [0.2, 0.25) is 0 Å². The van der Waals surface area contributed by atoms with Crippen LogP contribution in [0.1, 0.15) is 79.1 Å². The van der Waals surface area contributed by atoms with Crippen molar-refractivity contribution in [2.45, 2.75) is 90.3 Å². The predicted octanol–water partition coefficient (Wildman–Crippen LogP) is 4.94. The Kier molecular flexibility index (Phi) is 3.87. The van der Waals surface area contributed by atoms with Crippen LogP contribution in [0.5, 0.6) is 0 Å². The lowest BCUT2D eigenvalue weighted by atomic mass is 9.77. The zero-order valence-corrected chi connectivity index (χ0v) is 12.2. The van der Waals surface area contributed by atoms with Crippen molar-refractivity contribution < 1.29 is 4.74 Å². The van der Waals surface area contributed by atoms with Gasteiger partial charge in [-0.2, -0.15) is 0 Å². The maximum atomic E-state index is 6.60. The monoisotopic (exact) mass is 238 g/mol. The zero-order chi connectivity index (χ0) is 12.5. The second kappa shape index (κ2) is 4.91. The first-order valence-electron chi connectivity index (χ1n) is 7.61. The Bertz CT molecular complexity index is 216. The minimum Gasteiger partial charge on any atom is -0.369 e. The molecule has 2 aliphatic carbocycles. The molecule has 100 valence electrons. The van der Waals surface area contributed by atoms with Crippen LogP contribution in [0.3, 0.4) is 0 Å². The number of ether oxygens (including phenoxy) is 1. The van der Waals surface area contributed by atoms with Gasteiger partial charge in [0.15, 0.2) is 0 Å². The van der Waals surface area contributed by atoms with Gasteiger partial charge in [0.1, 0.15) is 0 Å². The molecule has 0 spiro atoms. The summed E-state index contributed by atoms with van der Waals surface area (Å²) in [6.45, 7) is 9.46. The molecule has 0 aromatic heterocycles. The summed E-state index contributed by atoms with van der Waals surface area (Å²) in [6.07, 6.45) is 10.5. The molecule has 2 saturated carbocycles.